The summed E-state index contributed by atoms with van der Waals surface area (Å²) in [5.74, 6) is 0.511. The first-order valence-corrected chi connectivity index (χ1v) is 6.97. The fourth-order valence-electron chi connectivity index (χ4n) is 2.62. The van der Waals surface area contributed by atoms with Crippen molar-refractivity contribution in [2.24, 2.45) is 5.92 Å². The normalized spacial score (nSPS) is 25.6. The minimum absolute atomic E-state index is 0.0110. The lowest BCUT2D eigenvalue weighted by molar-refractivity contribution is -0.152. The monoisotopic (exact) mass is 241 g/mol. The van der Waals surface area contributed by atoms with Crippen molar-refractivity contribution in [1.82, 2.24) is 4.90 Å². The average molecular weight is 241 g/mol. The molecule has 0 aromatic heterocycles. The molecule has 0 amide bonds. The summed E-state index contributed by atoms with van der Waals surface area (Å²) in [4.78, 5) is 13.8. The Bertz CT molecular complexity index is 228. The zero-order valence-electron chi connectivity index (χ0n) is 11.6. The van der Waals surface area contributed by atoms with Crippen LogP contribution < -0.4 is 0 Å². The molecular weight excluding hydrogens is 214 g/mol. The van der Waals surface area contributed by atoms with E-state index in [-0.39, 0.29) is 12.1 Å². The van der Waals surface area contributed by atoms with Gasteiger partial charge in [-0.05, 0) is 39.8 Å². The van der Waals surface area contributed by atoms with Gasteiger partial charge in [0.15, 0.2) is 0 Å². The van der Waals surface area contributed by atoms with Crippen LogP contribution in [0.1, 0.15) is 51.9 Å². The molecule has 3 heteroatoms. The molecule has 0 bridgehead atoms. The van der Waals surface area contributed by atoms with Crippen molar-refractivity contribution in [1.29, 1.82) is 0 Å². The second kappa shape index (κ2) is 7.70. The smallest absolute Gasteiger partial charge is 0.306 e. The van der Waals surface area contributed by atoms with Crippen molar-refractivity contribution in [2.75, 3.05) is 20.6 Å². The van der Waals surface area contributed by atoms with Crippen LogP contribution >= 0.6 is 0 Å². The number of carbonyl (C=O) groups excluding carboxylic acids is 1. The lowest BCUT2D eigenvalue weighted by atomic mass is 9.96. The zero-order chi connectivity index (χ0) is 12.7. The first-order valence-electron chi connectivity index (χ1n) is 6.97. The molecule has 1 rings (SSSR count). The SMILES string of the molecule is CCCC(=O)O[C@@H]1CCCCC[C@@H]1CN(C)C. The summed E-state index contributed by atoms with van der Waals surface area (Å²) in [5.41, 5.74) is 0. The van der Waals surface area contributed by atoms with E-state index in [9.17, 15) is 4.79 Å². The molecule has 1 saturated carbocycles. The Morgan fingerprint density at radius 2 is 1.94 bits per heavy atom. The van der Waals surface area contributed by atoms with Crippen LogP contribution in [0.15, 0.2) is 0 Å². The van der Waals surface area contributed by atoms with Gasteiger partial charge in [0, 0.05) is 18.9 Å². The predicted molar refractivity (Wildman–Crippen MR) is 69.9 cm³/mol. The molecule has 0 aromatic rings. The molecule has 0 radical (unpaired) electrons. The Hall–Kier alpha value is -0.570. The Labute approximate surface area is 106 Å². The summed E-state index contributed by atoms with van der Waals surface area (Å²) in [6.07, 6.45) is 7.60. The molecule has 1 fully saturated rings. The van der Waals surface area contributed by atoms with Gasteiger partial charge in [0.2, 0.25) is 0 Å². The van der Waals surface area contributed by atoms with Crippen LogP contribution in [0.2, 0.25) is 0 Å². The van der Waals surface area contributed by atoms with E-state index in [1.54, 1.807) is 0 Å². The molecule has 0 aromatic carbocycles. The third-order valence-corrected chi connectivity index (χ3v) is 3.43. The molecule has 2 atom stereocenters. The number of nitrogens with zero attached hydrogens (tertiary/aromatic N) is 1. The summed E-state index contributed by atoms with van der Waals surface area (Å²) in [7, 11) is 4.19. The highest BCUT2D eigenvalue weighted by atomic mass is 16.5. The van der Waals surface area contributed by atoms with Gasteiger partial charge in [-0.3, -0.25) is 4.79 Å². The Balaban J connectivity index is 2.52. The molecule has 100 valence electrons. The van der Waals surface area contributed by atoms with Crippen molar-refractivity contribution < 1.29 is 9.53 Å². The lowest BCUT2D eigenvalue weighted by Crippen LogP contribution is -2.33. The second-order valence-corrected chi connectivity index (χ2v) is 5.44. The molecule has 0 heterocycles. The summed E-state index contributed by atoms with van der Waals surface area (Å²) in [6, 6.07) is 0. The Morgan fingerprint density at radius 1 is 1.24 bits per heavy atom. The number of hydrogen-bond donors (Lipinski definition) is 0. The Morgan fingerprint density at radius 3 is 2.59 bits per heavy atom. The summed E-state index contributed by atoms with van der Waals surface area (Å²) < 4.78 is 5.66. The van der Waals surface area contributed by atoms with Crippen molar-refractivity contribution in [3.05, 3.63) is 0 Å². The molecule has 0 unspecified atom stereocenters. The van der Waals surface area contributed by atoms with E-state index in [4.69, 9.17) is 4.74 Å². The van der Waals surface area contributed by atoms with Crippen LogP contribution in [-0.4, -0.2) is 37.6 Å². The first kappa shape index (κ1) is 14.5. The van der Waals surface area contributed by atoms with Gasteiger partial charge >= 0.3 is 5.97 Å². The van der Waals surface area contributed by atoms with Crippen LogP contribution in [0.3, 0.4) is 0 Å². The van der Waals surface area contributed by atoms with Gasteiger partial charge in [-0.2, -0.15) is 0 Å². The Kier molecular flexibility index (Phi) is 6.56. The van der Waals surface area contributed by atoms with Crippen molar-refractivity contribution in [3.8, 4) is 0 Å². The molecule has 17 heavy (non-hydrogen) atoms. The van der Waals surface area contributed by atoms with Crippen LogP contribution in [-0.2, 0) is 9.53 Å². The van der Waals surface area contributed by atoms with Crippen LogP contribution in [0.5, 0.6) is 0 Å². The highest BCUT2D eigenvalue weighted by Crippen LogP contribution is 2.26. The minimum Gasteiger partial charge on any atom is -0.462 e. The van der Waals surface area contributed by atoms with Crippen molar-refractivity contribution >= 4 is 5.97 Å². The molecule has 0 aliphatic heterocycles. The van der Waals surface area contributed by atoms with Crippen molar-refractivity contribution in [2.45, 2.75) is 58.0 Å². The number of ether oxygens (including phenoxy) is 1. The van der Waals surface area contributed by atoms with Crippen LogP contribution in [0, 0.1) is 5.92 Å². The van der Waals surface area contributed by atoms with E-state index in [1.165, 1.54) is 25.7 Å². The summed E-state index contributed by atoms with van der Waals surface area (Å²) in [5, 5.41) is 0. The van der Waals surface area contributed by atoms with E-state index in [0.29, 0.717) is 12.3 Å². The third-order valence-electron chi connectivity index (χ3n) is 3.43. The minimum atomic E-state index is -0.0110. The zero-order valence-corrected chi connectivity index (χ0v) is 11.6. The van der Waals surface area contributed by atoms with Gasteiger partial charge in [-0.15, -0.1) is 0 Å². The average Bonchev–Trinajstić information content (AvgIpc) is 2.44. The van der Waals surface area contributed by atoms with Crippen LogP contribution in [0.4, 0.5) is 0 Å². The highest BCUT2D eigenvalue weighted by Gasteiger charge is 2.27. The fraction of sp³-hybridized carbons (Fsp3) is 0.929. The predicted octanol–water partition coefficient (Wildman–Crippen LogP) is 2.84. The number of carbonyl (C=O) groups is 1. The van der Waals surface area contributed by atoms with Gasteiger partial charge in [0.25, 0.3) is 0 Å². The molecule has 0 N–H and O–H groups in total. The van der Waals surface area contributed by atoms with Crippen LogP contribution in [0.25, 0.3) is 0 Å². The lowest BCUT2D eigenvalue weighted by Gasteiger charge is -2.27. The highest BCUT2D eigenvalue weighted by molar-refractivity contribution is 5.69. The van der Waals surface area contributed by atoms with E-state index in [2.05, 4.69) is 19.0 Å². The van der Waals surface area contributed by atoms with E-state index in [1.807, 2.05) is 6.92 Å². The quantitative estimate of drug-likeness (QED) is 0.547. The molecule has 0 saturated heterocycles. The van der Waals surface area contributed by atoms with Gasteiger partial charge < -0.3 is 9.64 Å². The fourth-order valence-corrected chi connectivity index (χ4v) is 2.62. The maximum atomic E-state index is 11.6. The molecule has 1 aliphatic rings. The van der Waals surface area contributed by atoms with Crippen molar-refractivity contribution in [3.63, 3.8) is 0 Å². The molecule has 3 nitrogen and oxygen atoms in total. The van der Waals surface area contributed by atoms with Gasteiger partial charge in [-0.1, -0.05) is 19.8 Å². The molecule has 1 aliphatic carbocycles. The summed E-state index contributed by atoms with van der Waals surface area (Å²) >= 11 is 0. The largest absolute Gasteiger partial charge is 0.462 e. The molecule has 0 spiro atoms. The van der Waals surface area contributed by atoms with E-state index < -0.39 is 0 Å². The van der Waals surface area contributed by atoms with E-state index in [0.717, 1.165) is 19.4 Å². The maximum absolute atomic E-state index is 11.6. The number of hydrogen-bond acceptors (Lipinski definition) is 3. The number of rotatable bonds is 5. The third kappa shape index (κ3) is 5.53. The molecular formula is C14H27NO2. The first-order chi connectivity index (χ1) is 8.13. The van der Waals surface area contributed by atoms with Gasteiger partial charge in [-0.25, -0.2) is 0 Å². The number of esters is 1. The topological polar surface area (TPSA) is 29.5 Å². The maximum Gasteiger partial charge on any atom is 0.306 e. The second-order valence-electron chi connectivity index (χ2n) is 5.44. The van der Waals surface area contributed by atoms with Gasteiger partial charge in [0.1, 0.15) is 6.10 Å². The standard InChI is InChI=1S/C14H27NO2/c1-4-8-14(16)17-13-10-7-5-6-9-12(13)11-15(2)3/h12-13H,4-11H2,1-3H3/t12-,13-/m1/s1. The summed E-state index contributed by atoms with van der Waals surface area (Å²) in [6.45, 7) is 3.05. The van der Waals surface area contributed by atoms with E-state index >= 15 is 0 Å². The van der Waals surface area contributed by atoms with Gasteiger partial charge in [0.05, 0.1) is 0 Å².